The molecule has 0 saturated heterocycles. The number of hydrogen-bond donors (Lipinski definition) is 2. The maximum absolute atomic E-state index is 14.3. The Morgan fingerprint density at radius 1 is 1.26 bits per heavy atom. The number of nitrogens with zero attached hydrogens (tertiary/aromatic N) is 2. The van der Waals surface area contributed by atoms with E-state index in [1.54, 1.807) is 29.7 Å². The summed E-state index contributed by atoms with van der Waals surface area (Å²) in [5.74, 6) is -0.0668. The zero-order valence-corrected chi connectivity index (χ0v) is 16.1. The van der Waals surface area contributed by atoms with E-state index in [1.165, 1.54) is 6.07 Å². The predicted molar refractivity (Wildman–Crippen MR) is 106 cm³/mol. The molecule has 2 amide bonds. The summed E-state index contributed by atoms with van der Waals surface area (Å²) in [6.07, 6.45) is 4.45. The minimum Gasteiger partial charge on any atom is -0.335 e. The van der Waals surface area contributed by atoms with Gasteiger partial charge in [-0.15, -0.1) is 11.3 Å². The Morgan fingerprint density at radius 2 is 2.11 bits per heavy atom. The van der Waals surface area contributed by atoms with Crippen molar-refractivity contribution in [2.75, 3.05) is 5.32 Å². The first-order chi connectivity index (χ1) is 13.0. The van der Waals surface area contributed by atoms with E-state index < -0.39 is 5.82 Å². The number of anilines is 1. The highest BCUT2D eigenvalue weighted by Gasteiger charge is 2.29. The van der Waals surface area contributed by atoms with Crippen LogP contribution in [0.1, 0.15) is 41.6 Å². The second kappa shape index (κ2) is 7.23. The van der Waals surface area contributed by atoms with E-state index >= 15 is 0 Å². The normalized spacial score (nSPS) is 19.4. The van der Waals surface area contributed by atoms with Crippen molar-refractivity contribution in [1.29, 1.82) is 0 Å². The van der Waals surface area contributed by atoms with Crippen LogP contribution in [0.25, 0.3) is 10.8 Å². The first kappa shape index (κ1) is 17.9. The molecule has 1 fully saturated rings. The largest absolute Gasteiger partial charge is 0.335 e. The van der Waals surface area contributed by atoms with Crippen LogP contribution in [0.2, 0.25) is 0 Å². The van der Waals surface area contributed by atoms with Gasteiger partial charge in [-0.1, -0.05) is 0 Å². The number of carbonyl (C=O) groups excluding carboxylic acids is 1. The average molecular weight is 384 g/mol. The van der Waals surface area contributed by atoms with Crippen LogP contribution >= 0.6 is 11.3 Å². The highest BCUT2D eigenvalue weighted by molar-refractivity contribution is 7.09. The first-order valence-corrected chi connectivity index (χ1v) is 9.92. The van der Waals surface area contributed by atoms with Gasteiger partial charge in [-0.25, -0.2) is 14.2 Å². The molecule has 0 radical (unpaired) electrons. The predicted octanol–water partition coefficient (Wildman–Crippen LogP) is 4.91. The van der Waals surface area contributed by atoms with Gasteiger partial charge in [0.1, 0.15) is 5.82 Å². The van der Waals surface area contributed by atoms with Crippen molar-refractivity contribution in [1.82, 2.24) is 15.3 Å². The third kappa shape index (κ3) is 3.78. The van der Waals surface area contributed by atoms with Crippen LogP contribution in [0.5, 0.6) is 0 Å². The van der Waals surface area contributed by atoms with Crippen molar-refractivity contribution in [2.24, 2.45) is 0 Å². The number of thiazole rings is 1. The molecule has 1 aliphatic carbocycles. The Morgan fingerprint density at radius 3 is 2.89 bits per heavy atom. The molecular weight excluding hydrogens is 363 g/mol. The van der Waals surface area contributed by atoms with E-state index in [9.17, 15) is 9.18 Å². The van der Waals surface area contributed by atoms with E-state index in [4.69, 9.17) is 0 Å². The number of halogens is 1. The number of fused-ring (bicyclic) bond motifs is 1. The molecule has 1 aliphatic rings. The number of rotatable bonds is 3. The minimum absolute atomic E-state index is 0.0700. The number of carbonyl (C=O) groups is 1. The van der Waals surface area contributed by atoms with Gasteiger partial charge in [0.25, 0.3) is 0 Å². The lowest BCUT2D eigenvalue weighted by molar-refractivity contribution is 0.248. The molecule has 27 heavy (non-hydrogen) atoms. The molecule has 1 saturated carbocycles. The third-order valence-corrected chi connectivity index (χ3v) is 6.11. The van der Waals surface area contributed by atoms with Gasteiger partial charge >= 0.3 is 6.03 Å². The number of aromatic nitrogens is 2. The topological polar surface area (TPSA) is 66.9 Å². The Bertz CT molecular complexity index is 998. The first-order valence-electron chi connectivity index (χ1n) is 9.04. The molecule has 5 nitrogen and oxygen atoms in total. The fraction of sp³-hybridized carbons (Fsp3) is 0.350. The van der Waals surface area contributed by atoms with E-state index in [0.717, 1.165) is 41.0 Å². The number of hydrogen-bond acceptors (Lipinski definition) is 4. The van der Waals surface area contributed by atoms with Crippen LogP contribution < -0.4 is 10.6 Å². The van der Waals surface area contributed by atoms with Gasteiger partial charge in [-0.3, -0.25) is 4.98 Å². The summed E-state index contributed by atoms with van der Waals surface area (Å²) in [6, 6.07) is 4.49. The van der Waals surface area contributed by atoms with Crippen LogP contribution in [-0.2, 0) is 0 Å². The maximum Gasteiger partial charge on any atom is 0.319 e. The van der Waals surface area contributed by atoms with Gasteiger partial charge in [-0.05, 0) is 51.3 Å². The maximum atomic E-state index is 14.3. The van der Waals surface area contributed by atoms with Gasteiger partial charge in [0.2, 0.25) is 0 Å². The summed E-state index contributed by atoms with van der Waals surface area (Å²) in [6.45, 7) is 3.83. The molecule has 140 valence electrons. The second-order valence-corrected chi connectivity index (χ2v) is 7.99. The number of urea groups is 1. The smallest absolute Gasteiger partial charge is 0.319 e. The molecule has 7 heteroatoms. The summed E-state index contributed by atoms with van der Waals surface area (Å²) < 4.78 is 14.3. The van der Waals surface area contributed by atoms with Crippen molar-refractivity contribution < 1.29 is 9.18 Å². The Hall–Kier alpha value is -2.54. The van der Waals surface area contributed by atoms with Gasteiger partial charge < -0.3 is 10.6 Å². The molecular formula is C20H21FN4OS. The summed E-state index contributed by atoms with van der Waals surface area (Å²) in [4.78, 5) is 21.3. The molecule has 2 aromatic heterocycles. The van der Waals surface area contributed by atoms with Crippen molar-refractivity contribution in [3.05, 3.63) is 52.0 Å². The molecule has 2 atom stereocenters. The van der Waals surface area contributed by atoms with Crippen LogP contribution in [0.15, 0.2) is 29.8 Å². The van der Waals surface area contributed by atoms with Gasteiger partial charge in [0.15, 0.2) is 0 Å². The lowest BCUT2D eigenvalue weighted by atomic mass is 10.1. The van der Waals surface area contributed by atoms with Gasteiger partial charge in [0.05, 0.1) is 10.7 Å². The second-order valence-electron chi connectivity index (χ2n) is 7.10. The number of aryl methyl sites for hydroxylation is 2. The molecule has 2 heterocycles. The molecule has 0 unspecified atom stereocenters. The SMILES string of the molecule is Cc1cc2c(NC(=O)N[C@H]3CC[C@@H](c4nc(C)cs4)C3)c(F)ccc2cn1. The summed E-state index contributed by atoms with van der Waals surface area (Å²) in [5, 5.41) is 10.3. The van der Waals surface area contributed by atoms with Crippen LogP contribution in [0, 0.1) is 19.7 Å². The molecule has 0 bridgehead atoms. The highest BCUT2D eigenvalue weighted by atomic mass is 32.1. The van der Waals surface area contributed by atoms with Crippen LogP contribution in [0.3, 0.4) is 0 Å². The van der Waals surface area contributed by atoms with Crippen molar-refractivity contribution in [2.45, 2.75) is 45.1 Å². The molecule has 4 rings (SSSR count). The van der Waals surface area contributed by atoms with Gasteiger partial charge in [-0.2, -0.15) is 0 Å². The fourth-order valence-corrected chi connectivity index (χ4v) is 4.60. The van der Waals surface area contributed by atoms with Gasteiger partial charge in [0, 0.05) is 45.7 Å². The minimum atomic E-state index is -0.453. The summed E-state index contributed by atoms with van der Waals surface area (Å²) in [5.41, 5.74) is 2.01. The van der Waals surface area contributed by atoms with E-state index in [-0.39, 0.29) is 17.8 Å². The van der Waals surface area contributed by atoms with Crippen LogP contribution in [0.4, 0.5) is 14.9 Å². The third-order valence-electron chi connectivity index (χ3n) is 4.98. The number of pyridine rings is 1. The molecule has 0 spiro atoms. The number of benzene rings is 1. The van der Waals surface area contributed by atoms with Crippen LogP contribution in [-0.4, -0.2) is 22.0 Å². The zero-order chi connectivity index (χ0) is 19.0. The fourth-order valence-electron chi connectivity index (χ4n) is 3.65. The standard InChI is InChI=1S/C20H21FN4OS/c1-11-7-16-14(9-22-11)4-6-17(21)18(16)25-20(26)24-15-5-3-13(8-15)19-23-12(2)10-27-19/h4,6-7,9-10,13,15H,3,5,8H2,1-2H3,(H2,24,25,26)/t13-,15+/m1/s1. The summed E-state index contributed by atoms with van der Waals surface area (Å²) in [7, 11) is 0. The Kier molecular flexibility index (Phi) is 4.78. The lowest BCUT2D eigenvalue weighted by Gasteiger charge is -2.15. The molecule has 3 aromatic rings. The van der Waals surface area contributed by atoms with Crippen molar-refractivity contribution in [3.8, 4) is 0 Å². The lowest BCUT2D eigenvalue weighted by Crippen LogP contribution is -2.36. The van der Waals surface area contributed by atoms with E-state index in [2.05, 4.69) is 26.0 Å². The molecule has 1 aromatic carbocycles. The summed E-state index contributed by atoms with van der Waals surface area (Å²) >= 11 is 1.68. The van der Waals surface area contributed by atoms with E-state index in [1.807, 2.05) is 13.8 Å². The quantitative estimate of drug-likeness (QED) is 0.675. The number of amides is 2. The Labute approximate surface area is 161 Å². The molecule has 0 aliphatic heterocycles. The highest BCUT2D eigenvalue weighted by Crippen LogP contribution is 2.36. The number of nitrogens with one attached hydrogen (secondary N) is 2. The monoisotopic (exact) mass is 384 g/mol. The average Bonchev–Trinajstić information content (AvgIpc) is 3.26. The molecule has 2 N–H and O–H groups in total. The van der Waals surface area contributed by atoms with E-state index in [0.29, 0.717) is 11.3 Å². The zero-order valence-electron chi connectivity index (χ0n) is 15.3. The van der Waals surface area contributed by atoms with Crippen molar-refractivity contribution in [3.63, 3.8) is 0 Å². The Balaban J connectivity index is 1.45. The van der Waals surface area contributed by atoms with Crippen molar-refractivity contribution >= 4 is 33.8 Å².